The number of aliphatic imine (C=N–C) groups is 1. The first-order valence-electron chi connectivity index (χ1n) is 25.0. The number of halogens is 1. The van der Waals surface area contributed by atoms with Gasteiger partial charge in [0.25, 0.3) is 0 Å². The summed E-state index contributed by atoms with van der Waals surface area (Å²) in [7, 11) is 0. The molecular formula is C55H59ClN10O7S2. The number of carbonyl (C=O) groups is 4. The fourth-order valence-electron chi connectivity index (χ4n) is 10.3. The predicted molar refractivity (Wildman–Crippen MR) is 288 cm³/mol. The number of rotatable bonds is 13. The van der Waals surface area contributed by atoms with Crippen molar-refractivity contribution in [3.05, 3.63) is 134 Å². The number of β-amino-alcohol motifs (C(OH)–C–C–N with tert-alkyl or cyclic N) is 1. The SMILES string of the molecule is Cc1ncsc1-c1ccc([C@H](C)NC(=O)[C@@H]2C[C@@H](O)CN2C(=O)[C@@H](N(N)C(=O)c2cc3cc(OC4CC(NC(=O)C[C@@H]5N=C(c6ccc(Cl)cc6)c6c(sc(C)c6C)-n6c(C)nnc65)C4)ccc3o2)C(C)(C)C)cc1. The number of thiophene rings is 1. The molecule has 75 heavy (non-hydrogen) atoms. The molecule has 17 nitrogen and oxygen atoms in total. The van der Waals surface area contributed by atoms with Crippen molar-refractivity contribution in [2.24, 2.45) is 16.3 Å². The van der Waals surface area contributed by atoms with Crippen LogP contribution in [0.2, 0.25) is 5.02 Å². The Hall–Kier alpha value is -6.77. The summed E-state index contributed by atoms with van der Waals surface area (Å²) in [6.45, 7) is 15.1. The first-order valence-corrected chi connectivity index (χ1v) is 27.0. The molecule has 0 radical (unpaired) electrons. The molecule has 1 saturated carbocycles. The molecule has 0 bridgehead atoms. The molecule has 5 atom stereocenters. The Labute approximate surface area is 447 Å². The first-order chi connectivity index (χ1) is 35.7. The van der Waals surface area contributed by atoms with Gasteiger partial charge in [0.15, 0.2) is 11.6 Å². The zero-order valence-corrected chi connectivity index (χ0v) is 45.3. The number of hydrogen-bond donors (Lipinski definition) is 4. The molecule has 390 valence electrons. The minimum atomic E-state index is -1.23. The monoisotopic (exact) mass is 1070 g/mol. The molecule has 0 spiro atoms. The van der Waals surface area contributed by atoms with E-state index < -0.39 is 53.4 Å². The van der Waals surface area contributed by atoms with Crippen molar-refractivity contribution in [2.75, 3.05) is 6.54 Å². The molecule has 1 aliphatic carbocycles. The van der Waals surface area contributed by atoms with Crippen LogP contribution in [0, 0.1) is 33.1 Å². The number of hydrazine groups is 1. The fourth-order valence-corrected chi connectivity index (χ4v) is 12.4. The van der Waals surface area contributed by atoms with Crippen molar-refractivity contribution in [1.82, 2.24) is 40.3 Å². The summed E-state index contributed by atoms with van der Waals surface area (Å²) < 4.78 is 14.4. The molecule has 6 heterocycles. The van der Waals surface area contributed by atoms with Crippen LogP contribution in [0.25, 0.3) is 26.4 Å². The van der Waals surface area contributed by atoms with Crippen molar-refractivity contribution < 1.29 is 33.4 Å². The Bertz CT molecular complexity index is 3370. The van der Waals surface area contributed by atoms with Gasteiger partial charge < -0.3 is 29.8 Å². The van der Waals surface area contributed by atoms with Crippen molar-refractivity contribution in [1.29, 1.82) is 0 Å². The number of thiazole rings is 1. The Morgan fingerprint density at radius 1 is 0.973 bits per heavy atom. The number of nitrogens with two attached hydrogens (primary N) is 1. The maximum Gasteiger partial charge on any atom is 0.304 e. The van der Waals surface area contributed by atoms with Gasteiger partial charge in [-0.15, -0.1) is 32.9 Å². The number of nitrogens with one attached hydrogen (secondary N) is 2. The number of nitrogens with zero attached hydrogens (tertiary/aromatic N) is 7. The molecule has 5 N–H and O–H groups in total. The normalized spacial score (nSPS) is 20.1. The van der Waals surface area contributed by atoms with E-state index in [1.165, 1.54) is 4.90 Å². The number of amides is 4. The maximum atomic E-state index is 14.5. The fraction of sp³-hybridized carbons (Fsp3) is 0.382. The number of furan rings is 1. The average molecular weight is 1070 g/mol. The molecule has 4 aromatic heterocycles. The zero-order chi connectivity index (χ0) is 53.2. The largest absolute Gasteiger partial charge is 0.490 e. The van der Waals surface area contributed by atoms with E-state index in [-0.39, 0.29) is 43.2 Å². The summed E-state index contributed by atoms with van der Waals surface area (Å²) in [5.41, 5.74) is 7.94. The minimum absolute atomic E-state index is 0.0264. The number of aliphatic hydroxyl groups is 1. The van der Waals surface area contributed by atoms with Crippen LogP contribution < -0.4 is 21.2 Å². The number of benzene rings is 3. The predicted octanol–water partition coefficient (Wildman–Crippen LogP) is 8.66. The highest BCUT2D eigenvalue weighted by atomic mass is 35.5. The van der Waals surface area contributed by atoms with Gasteiger partial charge in [0.2, 0.25) is 17.7 Å². The topological polar surface area (TPSA) is 223 Å². The van der Waals surface area contributed by atoms with E-state index in [0.29, 0.717) is 46.2 Å². The van der Waals surface area contributed by atoms with Crippen molar-refractivity contribution in [3.8, 4) is 21.2 Å². The first kappa shape index (κ1) is 51.7. The molecule has 7 aromatic rings. The number of hydrogen-bond acceptors (Lipinski definition) is 14. The lowest BCUT2D eigenvalue weighted by Crippen LogP contribution is -2.61. The van der Waals surface area contributed by atoms with Gasteiger partial charge in [-0.05, 0) is 93.1 Å². The van der Waals surface area contributed by atoms with E-state index in [1.54, 1.807) is 67.7 Å². The summed E-state index contributed by atoms with van der Waals surface area (Å²) in [4.78, 5) is 69.5. The summed E-state index contributed by atoms with van der Waals surface area (Å²) in [6.07, 6.45) is 0.117. The molecule has 4 amide bonds. The average Bonchev–Trinajstić information content (AvgIpc) is 4.20. The van der Waals surface area contributed by atoms with Gasteiger partial charge in [0, 0.05) is 58.3 Å². The zero-order valence-electron chi connectivity index (χ0n) is 42.9. The molecule has 1 saturated heterocycles. The second-order valence-corrected chi connectivity index (χ2v) is 23.4. The number of likely N-dealkylation sites (tertiary alicyclic amines) is 1. The number of aryl methyl sites for hydroxylation is 3. The van der Waals surface area contributed by atoms with E-state index in [1.807, 2.05) is 79.4 Å². The third kappa shape index (κ3) is 10.2. The maximum absolute atomic E-state index is 14.5. The number of aliphatic hydroxyl groups excluding tert-OH is 1. The van der Waals surface area contributed by atoms with Crippen LogP contribution in [0.1, 0.15) is 120 Å². The van der Waals surface area contributed by atoms with Gasteiger partial charge >= 0.3 is 5.91 Å². The molecule has 10 rings (SSSR count). The van der Waals surface area contributed by atoms with Crippen molar-refractivity contribution in [2.45, 2.75) is 123 Å². The van der Waals surface area contributed by atoms with Gasteiger partial charge in [-0.25, -0.2) is 10.8 Å². The molecule has 3 aliphatic rings. The van der Waals surface area contributed by atoms with E-state index >= 15 is 0 Å². The van der Waals surface area contributed by atoms with Crippen LogP contribution in [0.3, 0.4) is 0 Å². The highest BCUT2D eigenvalue weighted by Gasteiger charge is 2.47. The van der Waals surface area contributed by atoms with Crippen molar-refractivity contribution in [3.63, 3.8) is 0 Å². The van der Waals surface area contributed by atoms with Gasteiger partial charge in [-0.1, -0.05) is 68.8 Å². The summed E-state index contributed by atoms with van der Waals surface area (Å²) >= 11 is 9.50. The van der Waals surface area contributed by atoms with E-state index in [9.17, 15) is 24.3 Å². The van der Waals surface area contributed by atoms with Gasteiger partial charge in [0.1, 0.15) is 46.4 Å². The standard InChI is InChI=1S/C55H59ClN10O7S2/c1-27-30(4)75-54-46(27)47(33-13-15-36(56)16-14-33)61-41(50-63-62-31(5)65(50)54)24-45(68)60-37-21-40(22-37)72-39-17-18-43-35(19-39)20-44(73-43)52(70)66(57)49(55(6,7)8)53(71)64-25-38(67)23-42(64)51(69)59-28(2)32-9-11-34(12-10-32)48-29(3)58-26-74-48/h9-20,26,28,37-38,40-42,49,67H,21-25,57H2,1-8H3,(H,59,69)(H,60,68)/t28-,37?,38+,40?,41-,42-,49+/m0/s1. The Morgan fingerprint density at radius 2 is 1.69 bits per heavy atom. The van der Waals surface area contributed by atoms with E-state index in [2.05, 4.69) is 39.7 Å². The Kier molecular flexibility index (Phi) is 14.1. The molecule has 2 aliphatic heterocycles. The second-order valence-electron chi connectivity index (χ2n) is 20.9. The Balaban J connectivity index is 0.766. The lowest BCUT2D eigenvalue weighted by Gasteiger charge is -2.39. The third-order valence-corrected chi connectivity index (χ3v) is 16.8. The lowest BCUT2D eigenvalue weighted by molar-refractivity contribution is -0.145. The van der Waals surface area contributed by atoms with E-state index in [0.717, 1.165) is 59.0 Å². The van der Waals surface area contributed by atoms with Crippen LogP contribution in [-0.2, 0) is 14.4 Å². The lowest BCUT2D eigenvalue weighted by atomic mass is 9.85. The molecule has 20 heteroatoms. The summed E-state index contributed by atoms with van der Waals surface area (Å²) in [5, 5.41) is 29.0. The molecular weight excluding hydrogens is 1010 g/mol. The minimum Gasteiger partial charge on any atom is -0.490 e. The number of ether oxygens (including phenoxy) is 1. The van der Waals surface area contributed by atoms with Gasteiger partial charge in [-0.3, -0.25) is 33.7 Å². The van der Waals surface area contributed by atoms with Crippen LogP contribution in [-0.4, -0.2) is 101 Å². The van der Waals surface area contributed by atoms with Gasteiger partial charge in [0.05, 0.1) is 40.4 Å². The molecule has 2 fully saturated rings. The Morgan fingerprint density at radius 3 is 2.39 bits per heavy atom. The van der Waals surface area contributed by atoms with Crippen LogP contribution in [0.4, 0.5) is 0 Å². The number of fused-ring (bicyclic) bond motifs is 4. The highest BCUT2D eigenvalue weighted by molar-refractivity contribution is 7.15. The van der Waals surface area contributed by atoms with Crippen LogP contribution in [0.5, 0.6) is 5.75 Å². The van der Waals surface area contributed by atoms with E-state index in [4.69, 9.17) is 31.6 Å². The molecule has 3 aromatic carbocycles. The number of aromatic nitrogens is 4. The second kappa shape index (κ2) is 20.4. The van der Waals surface area contributed by atoms with Crippen molar-refractivity contribution >= 4 is 74.6 Å². The highest BCUT2D eigenvalue weighted by Crippen LogP contribution is 2.40. The summed E-state index contributed by atoms with van der Waals surface area (Å²) in [5.74, 6) is 6.47. The van der Waals surface area contributed by atoms with Crippen LogP contribution >= 0.6 is 34.3 Å². The van der Waals surface area contributed by atoms with Gasteiger partial charge in [-0.2, -0.15) is 0 Å². The quantitative estimate of drug-likeness (QED) is 0.0486. The third-order valence-electron chi connectivity index (χ3n) is 14.4. The van der Waals surface area contributed by atoms with Crippen LogP contribution in [0.15, 0.2) is 87.7 Å². The smallest absolute Gasteiger partial charge is 0.304 e. The molecule has 0 unspecified atom stereocenters. The number of carbonyl (C=O) groups excluding carboxylic acids is 4. The summed E-state index contributed by atoms with van der Waals surface area (Å²) in [6, 6.07) is 18.9.